The van der Waals surface area contributed by atoms with Gasteiger partial charge in [0.1, 0.15) is 12.4 Å². The van der Waals surface area contributed by atoms with Crippen LogP contribution in [0.4, 0.5) is 4.39 Å². The third kappa shape index (κ3) is 4.03. The molecule has 1 aliphatic rings. The fraction of sp³-hybridized carbons (Fsp3) is 0.467. The number of hydrogen-bond donors (Lipinski definition) is 2. The molecule has 0 aromatic heterocycles. The zero-order chi connectivity index (χ0) is 13.7. The van der Waals surface area contributed by atoms with Gasteiger partial charge in [-0.05, 0) is 37.1 Å². The highest BCUT2D eigenvalue weighted by atomic mass is 19.1. The van der Waals surface area contributed by atoms with Crippen LogP contribution in [0.2, 0.25) is 0 Å². The summed E-state index contributed by atoms with van der Waals surface area (Å²) >= 11 is 0. The van der Waals surface area contributed by atoms with E-state index < -0.39 is 0 Å². The second-order valence-corrected chi connectivity index (χ2v) is 4.81. The Kier molecular flexibility index (Phi) is 4.92. The number of nitrogens with zero attached hydrogens (tertiary/aromatic N) is 1. The van der Waals surface area contributed by atoms with Crippen LogP contribution in [0.3, 0.4) is 0 Å². The molecule has 0 saturated carbocycles. The molecule has 0 aliphatic carbocycles. The topological polar surface area (TPSA) is 43.7 Å². The highest BCUT2D eigenvalue weighted by Gasteiger charge is 2.17. The number of hydrogen-bond acceptors (Lipinski definition) is 3. The van der Waals surface area contributed by atoms with Crippen LogP contribution in [0.15, 0.2) is 18.2 Å². The van der Waals surface area contributed by atoms with Crippen molar-refractivity contribution >= 4 is 0 Å². The first-order chi connectivity index (χ1) is 9.19. The van der Waals surface area contributed by atoms with Crippen LogP contribution in [0.25, 0.3) is 0 Å². The summed E-state index contributed by atoms with van der Waals surface area (Å²) in [4.78, 5) is 2.16. The molecule has 2 rings (SSSR count). The third-order valence-electron chi connectivity index (χ3n) is 3.22. The van der Waals surface area contributed by atoms with Gasteiger partial charge in [0, 0.05) is 13.1 Å². The molecule has 1 aromatic rings. The monoisotopic (exact) mass is 263 g/mol. The van der Waals surface area contributed by atoms with Gasteiger partial charge in [-0.25, -0.2) is 4.39 Å². The van der Waals surface area contributed by atoms with Gasteiger partial charge in [-0.2, -0.15) is 0 Å². The first-order valence-corrected chi connectivity index (χ1v) is 6.47. The number of aliphatic hydroxyl groups excluding tert-OH is 2. The lowest BCUT2D eigenvalue weighted by Gasteiger charge is -2.30. The van der Waals surface area contributed by atoms with Gasteiger partial charge in [0.2, 0.25) is 0 Å². The maximum Gasteiger partial charge on any atom is 0.138 e. The molecule has 102 valence electrons. The van der Waals surface area contributed by atoms with E-state index in [9.17, 15) is 9.50 Å². The van der Waals surface area contributed by atoms with Crippen molar-refractivity contribution in [3.63, 3.8) is 0 Å². The van der Waals surface area contributed by atoms with Crippen LogP contribution in [-0.4, -0.2) is 40.9 Å². The van der Waals surface area contributed by atoms with Crippen molar-refractivity contribution in [3.05, 3.63) is 35.1 Å². The minimum absolute atomic E-state index is 0.261. The van der Waals surface area contributed by atoms with E-state index in [0.29, 0.717) is 18.7 Å². The van der Waals surface area contributed by atoms with Crippen molar-refractivity contribution in [2.45, 2.75) is 25.5 Å². The average Bonchev–Trinajstić information content (AvgIpc) is 2.39. The normalized spacial score (nSPS) is 19.8. The largest absolute Gasteiger partial charge is 0.392 e. The van der Waals surface area contributed by atoms with E-state index in [2.05, 4.69) is 16.7 Å². The Morgan fingerprint density at radius 3 is 3.00 bits per heavy atom. The molecular weight excluding hydrogens is 245 g/mol. The molecule has 0 amide bonds. The first kappa shape index (κ1) is 14.0. The number of rotatable bonds is 2. The third-order valence-corrected chi connectivity index (χ3v) is 3.22. The summed E-state index contributed by atoms with van der Waals surface area (Å²) in [5, 5.41) is 18.3. The summed E-state index contributed by atoms with van der Waals surface area (Å²) in [7, 11) is 0. The Morgan fingerprint density at radius 2 is 2.26 bits per heavy atom. The van der Waals surface area contributed by atoms with E-state index in [1.54, 1.807) is 12.1 Å². The number of piperidine rings is 1. The van der Waals surface area contributed by atoms with Crippen molar-refractivity contribution in [3.8, 4) is 11.8 Å². The Bertz CT molecular complexity index is 493. The van der Waals surface area contributed by atoms with Gasteiger partial charge in [-0.3, -0.25) is 4.90 Å². The van der Waals surface area contributed by atoms with Crippen molar-refractivity contribution < 1.29 is 14.6 Å². The molecular formula is C15H18FNO2. The highest BCUT2D eigenvalue weighted by Crippen LogP contribution is 2.16. The number of aliphatic hydroxyl groups is 2. The summed E-state index contributed by atoms with van der Waals surface area (Å²) < 4.78 is 13.5. The molecule has 4 heteroatoms. The minimum atomic E-state index is -0.372. The molecule has 0 radical (unpaired) electrons. The molecule has 1 aliphatic heterocycles. The lowest BCUT2D eigenvalue weighted by Crippen LogP contribution is -2.37. The maximum absolute atomic E-state index is 13.5. The second-order valence-electron chi connectivity index (χ2n) is 4.81. The molecule has 1 atom stereocenters. The fourth-order valence-corrected chi connectivity index (χ4v) is 2.33. The zero-order valence-corrected chi connectivity index (χ0v) is 10.8. The molecule has 2 N–H and O–H groups in total. The van der Waals surface area contributed by atoms with E-state index in [-0.39, 0.29) is 18.5 Å². The van der Waals surface area contributed by atoms with Gasteiger partial charge in [0.15, 0.2) is 0 Å². The van der Waals surface area contributed by atoms with Crippen LogP contribution in [0, 0.1) is 17.7 Å². The summed E-state index contributed by atoms with van der Waals surface area (Å²) in [5.74, 6) is 4.69. The van der Waals surface area contributed by atoms with E-state index >= 15 is 0 Å². The van der Waals surface area contributed by atoms with Crippen LogP contribution in [-0.2, 0) is 6.54 Å². The van der Waals surface area contributed by atoms with E-state index in [1.165, 1.54) is 6.07 Å². The van der Waals surface area contributed by atoms with E-state index in [4.69, 9.17) is 5.11 Å². The minimum Gasteiger partial charge on any atom is -0.392 e. The molecule has 1 aromatic carbocycles. The van der Waals surface area contributed by atoms with Crippen molar-refractivity contribution in [1.82, 2.24) is 4.90 Å². The SMILES string of the molecule is OCC#Cc1cc(CN2CCCC(O)C2)ccc1F. The summed E-state index contributed by atoms with van der Waals surface area (Å²) in [6.07, 6.45) is 1.58. The fourth-order valence-electron chi connectivity index (χ4n) is 2.33. The molecule has 3 nitrogen and oxygen atoms in total. The van der Waals surface area contributed by atoms with Gasteiger partial charge >= 0.3 is 0 Å². The summed E-state index contributed by atoms with van der Waals surface area (Å²) in [6, 6.07) is 4.84. The molecule has 19 heavy (non-hydrogen) atoms. The number of β-amino-alcohol motifs (C(OH)–C–C–N with tert-alkyl or cyclic N) is 1. The van der Waals surface area contributed by atoms with Gasteiger partial charge in [-0.15, -0.1) is 0 Å². The number of likely N-dealkylation sites (tertiary alicyclic amines) is 1. The van der Waals surface area contributed by atoms with E-state index in [1.807, 2.05) is 0 Å². The lowest BCUT2D eigenvalue weighted by atomic mass is 10.1. The standard InChI is InChI=1S/C15H18FNO2/c16-15-6-5-12(9-13(15)3-2-8-18)10-17-7-1-4-14(19)11-17/h5-6,9,14,18-19H,1,4,7-8,10-11H2. The molecule has 0 bridgehead atoms. The smallest absolute Gasteiger partial charge is 0.138 e. The lowest BCUT2D eigenvalue weighted by molar-refractivity contribution is 0.0668. The van der Waals surface area contributed by atoms with Gasteiger partial charge in [0.25, 0.3) is 0 Å². The Morgan fingerprint density at radius 1 is 1.42 bits per heavy atom. The van der Waals surface area contributed by atoms with Gasteiger partial charge < -0.3 is 10.2 Å². The quantitative estimate of drug-likeness (QED) is 0.786. The second kappa shape index (κ2) is 6.67. The zero-order valence-electron chi connectivity index (χ0n) is 10.8. The summed E-state index contributed by atoms with van der Waals surface area (Å²) in [5.41, 5.74) is 1.28. The van der Waals surface area contributed by atoms with Gasteiger partial charge in [0.05, 0.1) is 11.7 Å². The van der Waals surface area contributed by atoms with Crippen molar-refractivity contribution in [2.75, 3.05) is 19.7 Å². The van der Waals surface area contributed by atoms with Crippen molar-refractivity contribution in [2.24, 2.45) is 0 Å². The highest BCUT2D eigenvalue weighted by molar-refractivity contribution is 5.38. The average molecular weight is 263 g/mol. The predicted molar refractivity (Wildman–Crippen MR) is 70.9 cm³/mol. The molecule has 1 saturated heterocycles. The Balaban J connectivity index is 2.08. The maximum atomic E-state index is 13.5. The first-order valence-electron chi connectivity index (χ1n) is 6.47. The Labute approximate surface area is 112 Å². The molecule has 1 unspecified atom stereocenters. The van der Waals surface area contributed by atoms with Crippen LogP contribution in [0.5, 0.6) is 0 Å². The van der Waals surface area contributed by atoms with Crippen LogP contribution in [0.1, 0.15) is 24.0 Å². The summed E-state index contributed by atoms with van der Waals surface area (Å²) in [6.45, 7) is 2.02. The Hall–Kier alpha value is -1.41. The number of halogens is 1. The predicted octanol–water partition coefficient (Wildman–Crippen LogP) is 1.13. The van der Waals surface area contributed by atoms with Crippen LogP contribution < -0.4 is 0 Å². The molecule has 1 fully saturated rings. The van der Waals surface area contributed by atoms with Crippen LogP contribution >= 0.6 is 0 Å². The molecule has 1 heterocycles. The van der Waals surface area contributed by atoms with E-state index in [0.717, 1.165) is 24.9 Å². The number of benzene rings is 1. The van der Waals surface area contributed by atoms with Gasteiger partial charge in [-0.1, -0.05) is 17.9 Å². The van der Waals surface area contributed by atoms with Crippen molar-refractivity contribution in [1.29, 1.82) is 0 Å². The molecule has 0 spiro atoms.